The van der Waals surface area contributed by atoms with Crippen LogP contribution < -0.4 is 10.2 Å². The van der Waals surface area contributed by atoms with Crippen LogP contribution in [0.1, 0.15) is 11.1 Å². The first kappa shape index (κ1) is 18.9. The Balaban J connectivity index is 1.73. The lowest BCUT2D eigenvalue weighted by molar-refractivity contribution is 0.468. The van der Waals surface area contributed by atoms with Crippen molar-refractivity contribution in [2.45, 2.75) is 13.0 Å². The zero-order chi connectivity index (χ0) is 19.1. The summed E-state index contributed by atoms with van der Waals surface area (Å²) < 4.78 is 13.3. The minimum absolute atomic E-state index is 0.205. The molecule has 5 heteroatoms. The number of anilines is 1. The minimum Gasteiger partial charge on any atom is -0.508 e. The Kier molecular flexibility index (Phi) is 6.39. The Labute approximate surface area is 164 Å². The molecule has 0 aliphatic rings. The number of nitrogens with one attached hydrogen (secondary N) is 1. The molecule has 3 aromatic carbocycles. The number of thiocarbonyl (C=S) groups is 1. The number of aromatic hydroxyl groups is 1. The predicted octanol–water partition coefficient (Wildman–Crippen LogP) is 4.66. The van der Waals surface area contributed by atoms with Gasteiger partial charge in [0.25, 0.3) is 0 Å². The first-order valence-electron chi connectivity index (χ1n) is 8.75. The van der Waals surface area contributed by atoms with Gasteiger partial charge >= 0.3 is 0 Å². The molecule has 0 atom stereocenters. The second-order valence-electron chi connectivity index (χ2n) is 6.16. The van der Waals surface area contributed by atoms with Crippen LogP contribution in [0.3, 0.4) is 0 Å². The van der Waals surface area contributed by atoms with Crippen LogP contribution in [0, 0.1) is 5.82 Å². The van der Waals surface area contributed by atoms with E-state index in [9.17, 15) is 9.50 Å². The highest BCUT2D eigenvalue weighted by Crippen LogP contribution is 2.23. The third-order valence-electron chi connectivity index (χ3n) is 4.24. The lowest BCUT2D eigenvalue weighted by Crippen LogP contribution is -2.40. The molecule has 2 N–H and O–H groups in total. The van der Waals surface area contributed by atoms with Gasteiger partial charge < -0.3 is 15.3 Å². The van der Waals surface area contributed by atoms with E-state index in [1.165, 1.54) is 17.7 Å². The molecule has 0 spiro atoms. The van der Waals surface area contributed by atoms with E-state index in [0.29, 0.717) is 18.2 Å². The zero-order valence-corrected chi connectivity index (χ0v) is 15.6. The summed E-state index contributed by atoms with van der Waals surface area (Å²) in [7, 11) is 0. The van der Waals surface area contributed by atoms with Gasteiger partial charge in [0, 0.05) is 17.8 Å². The van der Waals surface area contributed by atoms with Gasteiger partial charge in [-0.2, -0.15) is 0 Å². The van der Waals surface area contributed by atoms with E-state index in [1.807, 2.05) is 35.2 Å². The average molecular weight is 380 g/mol. The van der Waals surface area contributed by atoms with Crippen molar-refractivity contribution in [3.05, 3.63) is 95.8 Å². The molecule has 0 aliphatic carbocycles. The summed E-state index contributed by atoms with van der Waals surface area (Å²) in [6.07, 6.45) is 0.842. The Morgan fingerprint density at radius 1 is 0.926 bits per heavy atom. The van der Waals surface area contributed by atoms with Crippen LogP contribution in [0.4, 0.5) is 10.1 Å². The van der Waals surface area contributed by atoms with Crippen molar-refractivity contribution >= 4 is 23.0 Å². The summed E-state index contributed by atoms with van der Waals surface area (Å²) >= 11 is 5.59. The Bertz CT molecular complexity index is 884. The highest BCUT2D eigenvalue weighted by molar-refractivity contribution is 7.80. The second-order valence-corrected chi connectivity index (χ2v) is 6.55. The molecule has 0 heterocycles. The van der Waals surface area contributed by atoms with Gasteiger partial charge in [-0.05, 0) is 54.5 Å². The van der Waals surface area contributed by atoms with Crippen molar-refractivity contribution in [2.75, 3.05) is 11.4 Å². The van der Waals surface area contributed by atoms with E-state index < -0.39 is 0 Å². The molecule has 0 saturated heterocycles. The summed E-state index contributed by atoms with van der Waals surface area (Å²) in [5.74, 6) is -0.0964. The molecule has 0 bridgehead atoms. The molecule has 3 rings (SSSR count). The van der Waals surface area contributed by atoms with Crippen molar-refractivity contribution in [1.29, 1.82) is 0 Å². The maximum Gasteiger partial charge on any atom is 0.173 e. The van der Waals surface area contributed by atoms with Crippen molar-refractivity contribution in [2.24, 2.45) is 0 Å². The third kappa shape index (κ3) is 5.28. The molecular formula is C22H21FN2OS. The van der Waals surface area contributed by atoms with Gasteiger partial charge in [-0.25, -0.2) is 4.39 Å². The van der Waals surface area contributed by atoms with E-state index in [1.54, 1.807) is 24.3 Å². The van der Waals surface area contributed by atoms with Gasteiger partial charge in [-0.15, -0.1) is 0 Å². The number of phenolic OH excluding ortho intramolecular Hbond substituents is 1. The zero-order valence-electron chi connectivity index (χ0n) is 14.8. The van der Waals surface area contributed by atoms with Crippen molar-refractivity contribution in [1.82, 2.24) is 5.32 Å². The van der Waals surface area contributed by atoms with Crippen LogP contribution >= 0.6 is 12.2 Å². The maximum atomic E-state index is 13.3. The van der Waals surface area contributed by atoms with Gasteiger partial charge in [0.05, 0.1) is 6.54 Å². The van der Waals surface area contributed by atoms with Crippen LogP contribution in [0.25, 0.3) is 0 Å². The predicted molar refractivity (Wildman–Crippen MR) is 111 cm³/mol. The Morgan fingerprint density at radius 2 is 1.59 bits per heavy atom. The smallest absolute Gasteiger partial charge is 0.173 e. The van der Waals surface area contributed by atoms with Gasteiger partial charge in [0.15, 0.2) is 5.11 Å². The molecule has 0 aromatic heterocycles. The van der Waals surface area contributed by atoms with Gasteiger partial charge in [0.2, 0.25) is 0 Å². The molecule has 3 aromatic rings. The number of nitrogens with zero attached hydrogens (tertiary/aromatic N) is 1. The van der Waals surface area contributed by atoms with Crippen LogP contribution in [-0.4, -0.2) is 16.8 Å². The van der Waals surface area contributed by atoms with Crippen molar-refractivity contribution in [3.8, 4) is 5.75 Å². The Morgan fingerprint density at radius 3 is 2.30 bits per heavy atom. The number of para-hydroxylation sites is 1. The molecule has 0 fully saturated rings. The molecule has 3 nitrogen and oxygen atoms in total. The molecular weight excluding hydrogens is 359 g/mol. The number of rotatable bonds is 6. The fourth-order valence-corrected chi connectivity index (χ4v) is 3.04. The van der Waals surface area contributed by atoms with E-state index in [0.717, 1.165) is 17.7 Å². The van der Waals surface area contributed by atoms with Crippen molar-refractivity contribution < 1.29 is 9.50 Å². The van der Waals surface area contributed by atoms with Gasteiger partial charge in [-0.3, -0.25) is 0 Å². The van der Waals surface area contributed by atoms with Crippen LogP contribution in [0.5, 0.6) is 5.75 Å². The quantitative estimate of drug-likeness (QED) is 0.610. The second kappa shape index (κ2) is 9.14. The first-order valence-corrected chi connectivity index (χ1v) is 9.16. The van der Waals surface area contributed by atoms with E-state index >= 15 is 0 Å². The summed E-state index contributed by atoms with van der Waals surface area (Å²) in [5.41, 5.74) is 2.73. The van der Waals surface area contributed by atoms with Crippen molar-refractivity contribution in [3.63, 3.8) is 0 Å². The lowest BCUT2D eigenvalue weighted by Gasteiger charge is -2.26. The number of hydrogen-bond donors (Lipinski definition) is 2. The maximum absolute atomic E-state index is 13.3. The number of halogens is 1. The summed E-state index contributed by atoms with van der Waals surface area (Å²) in [6, 6.07) is 23.5. The number of benzene rings is 3. The molecule has 0 amide bonds. The first-order chi connectivity index (χ1) is 13.1. The summed E-state index contributed by atoms with van der Waals surface area (Å²) in [5, 5.41) is 13.9. The molecule has 0 saturated carbocycles. The summed E-state index contributed by atoms with van der Waals surface area (Å²) in [6.45, 7) is 1.07. The van der Waals surface area contributed by atoms with Gasteiger partial charge in [0.1, 0.15) is 11.6 Å². The fourth-order valence-electron chi connectivity index (χ4n) is 2.77. The average Bonchev–Trinajstić information content (AvgIpc) is 2.69. The van der Waals surface area contributed by atoms with E-state index in [-0.39, 0.29) is 11.6 Å². The monoisotopic (exact) mass is 380 g/mol. The Hall–Kier alpha value is -2.92. The van der Waals surface area contributed by atoms with E-state index in [4.69, 9.17) is 12.2 Å². The van der Waals surface area contributed by atoms with Crippen LogP contribution in [0.15, 0.2) is 78.9 Å². The molecule has 0 aliphatic heterocycles. The van der Waals surface area contributed by atoms with E-state index in [2.05, 4.69) is 17.4 Å². The topological polar surface area (TPSA) is 35.5 Å². The summed E-state index contributed by atoms with van der Waals surface area (Å²) in [4.78, 5) is 1.86. The number of hydrogen-bond acceptors (Lipinski definition) is 2. The molecule has 0 unspecified atom stereocenters. The van der Waals surface area contributed by atoms with Gasteiger partial charge in [-0.1, -0.05) is 48.5 Å². The third-order valence-corrected chi connectivity index (χ3v) is 4.60. The highest BCUT2D eigenvalue weighted by atomic mass is 32.1. The lowest BCUT2D eigenvalue weighted by atomic mass is 10.1. The molecule has 138 valence electrons. The number of phenols is 1. The normalized spacial score (nSPS) is 10.4. The van der Waals surface area contributed by atoms with Crippen LogP contribution in [-0.2, 0) is 13.0 Å². The largest absolute Gasteiger partial charge is 0.508 e. The SMILES string of the molecule is Oc1ccccc1CN(C(=S)NCCc1ccccc1)c1ccc(F)cc1. The molecule has 27 heavy (non-hydrogen) atoms. The minimum atomic E-state index is -0.302. The molecule has 0 radical (unpaired) electrons. The van der Waals surface area contributed by atoms with Crippen LogP contribution in [0.2, 0.25) is 0 Å². The fraction of sp³-hybridized carbons (Fsp3) is 0.136. The highest BCUT2D eigenvalue weighted by Gasteiger charge is 2.14. The standard InChI is InChI=1S/C22H21FN2OS/c23-19-10-12-20(13-11-19)25(16-18-8-4-5-9-21(18)26)22(27)24-15-14-17-6-2-1-3-7-17/h1-13,26H,14-16H2,(H,24,27).